The highest BCUT2D eigenvalue weighted by Gasteiger charge is 2.31. The van der Waals surface area contributed by atoms with Crippen molar-refractivity contribution in [3.63, 3.8) is 0 Å². The molecule has 0 fully saturated rings. The van der Waals surface area contributed by atoms with Crippen molar-refractivity contribution in [2.24, 2.45) is 0 Å². The number of nitrogens with zero attached hydrogens (tertiary/aromatic N) is 1. The molecule has 19 heavy (non-hydrogen) atoms. The van der Waals surface area contributed by atoms with Crippen LogP contribution in [0.4, 0.5) is 13.2 Å². The van der Waals surface area contributed by atoms with Crippen LogP contribution in [0.2, 0.25) is 0 Å². The minimum Gasteiger partial charge on any atom is -0.406 e. The minimum absolute atomic E-state index is 0.243. The molecule has 3 nitrogen and oxygen atoms in total. The smallest absolute Gasteiger partial charge is 0.406 e. The van der Waals surface area contributed by atoms with Gasteiger partial charge in [-0.2, -0.15) is 0 Å². The highest BCUT2D eigenvalue weighted by Crippen LogP contribution is 2.29. The normalized spacial score (nSPS) is 11.4. The molecule has 2 rings (SSSR count). The monoisotopic (exact) mass is 269 g/mol. The molecule has 0 spiro atoms. The van der Waals surface area contributed by atoms with Gasteiger partial charge in [0.2, 0.25) is 0 Å². The van der Waals surface area contributed by atoms with Crippen LogP contribution in [-0.4, -0.2) is 16.5 Å². The van der Waals surface area contributed by atoms with Crippen LogP contribution < -0.4 is 4.74 Å². The Labute approximate surface area is 107 Å². The molecule has 1 heterocycles. The van der Waals surface area contributed by atoms with Gasteiger partial charge in [-0.05, 0) is 29.3 Å². The SMILES string of the molecule is OCc1cnccc1-c1cccc(OC(F)(F)F)c1. The van der Waals surface area contributed by atoms with Gasteiger partial charge in [-0.1, -0.05) is 12.1 Å². The average Bonchev–Trinajstić information content (AvgIpc) is 2.37. The molecule has 1 N–H and O–H groups in total. The van der Waals surface area contributed by atoms with E-state index in [1.54, 1.807) is 12.1 Å². The van der Waals surface area contributed by atoms with E-state index in [1.807, 2.05) is 0 Å². The zero-order valence-corrected chi connectivity index (χ0v) is 9.69. The molecule has 0 amide bonds. The van der Waals surface area contributed by atoms with Crippen molar-refractivity contribution < 1.29 is 23.0 Å². The molecule has 0 unspecified atom stereocenters. The van der Waals surface area contributed by atoms with E-state index in [1.165, 1.54) is 30.6 Å². The largest absolute Gasteiger partial charge is 0.573 e. The van der Waals surface area contributed by atoms with Gasteiger partial charge >= 0.3 is 6.36 Å². The lowest BCUT2D eigenvalue weighted by atomic mass is 10.0. The molecular formula is C13H10F3NO2. The molecule has 0 bridgehead atoms. The summed E-state index contributed by atoms with van der Waals surface area (Å²) in [5.41, 5.74) is 1.67. The Hall–Kier alpha value is -2.08. The fourth-order valence-electron chi connectivity index (χ4n) is 1.70. The number of pyridine rings is 1. The Balaban J connectivity index is 2.38. The predicted octanol–water partition coefficient (Wildman–Crippen LogP) is 3.14. The van der Waals surface area contributed by atoms with Crippen LogP contribution in [-0.2, 0) is 6.61 Å². The van der Waals surface area contributed by atoms with Crippen molar-refractivity contribution >= 4 is 0 Å². The number of hydrogen-bond donors (Lipinski definition) is 1. The van der Waals surface area contributed by atoms with E-state index in [0.717, 1.165) is 0 Å². The Morgan fingerprint density at radius 3 is 2.68 bits per heavy atom. The number of aromatic nitrogens is 1. The molecule has 0 aliphatic carbocycles. The summed E-state index contributed by atoms with van der Waals surface area (Å²) < 4.78 is 40.3. The van der Waals surface area contributed by atoms with Crippen LogP contribution in [0.1, 0.15) is 5.56 Å². The van der Waals surface area contributed by atoms with Gasteiger partial charge < -0.3 is 9.84 Å². The fourth-order valence-corrected chi connectivity index (χ4v) is 1.70. The summed E-state index contributed by atoms with van der Waals surface area (Å²) in [5, 5.41) is 9.18. The summed E-state index contributed by atoms with van der Waals surface area (Å²) in [5.74, 6) is -0.300. The molecule has 0 aliphatic rings. The van der Waals surface area contributed by atoms with Gasteiger partial charge in [0.05, 0.1) is 6.61 Å². The predicted molar refractivity (Wildman–Crippen MR) is 62.3 cm³/mol. The first-order chi connectivity index (χ1) is 8.99. The summed E-state index contributed by atoms with van der Waals surface area (Å²) in [7, 11) is 0. The average molecular weight is 269 g/mol. The lowest BCUT2D eigenvalue weighted by molar-refractivity contribution is -0.274. The van der Waals surface area contributed by atoms with Crippen LogP contribution in [0.5, 0.6) is 5.75 Å². The molecule has 0 atom stereocenters. The Kier molecular flexibility index (Phi) is 3.71. The second kappa shape index (κ2) is 5.27. The number of alkyl halides is 3. The number of rotatable bonds is 3. The number of ether oxygens (including phenoxy) is 1. The fraction of sp³-hybridized carbons (Fsp3) is 0.154. The minimum atomic E-state index is -4.73. The lowest BCUT2D eigenvalue weighted by Gasteiger charge is -2.11. The maximum atomic E-state index is 12.1. The Bertz CT molecular complexity index is 570. The van der Waals surface area contributed by atoms with E-state index in [0.29, 0.717) is 16.7 Å². The van der Waals surface area contributed by atoms with Crippen molar-refractivity contribution in [1.29, 1.82) is 0 Å². The first kappa shape index (κ1) is 13.4. The van der Waals surface area contributed by atoms with E-state index in [-0.39, 0.29) is 12.4 Å². The van der Waals surface area contributed by atoms with E-state index in [4.69, 9.17) is 0 Å². The van der Waals surface area contributed by atoms with Crippen molar-refractivity contribution in [2.45, 2.75) is 13.0 Å². The standard InChI is InChI=1S/C13H10F3NO2/c14-13(15,16)19-11-3-1-2-9(6-11)12-4-5-17-7-10(12)8-18/h1-7,18H,8H2. The Morgan fingerprint density at radius 2 is 2.00 bits per heavy atom. The van der Waals surface area contributed by atoms with Crippen molar-refractivity contribution in [2.75, 3.05) is 0 Å². The van der Waals surface area contributed by atoms with Crippen LogP contribution in [0, 0.1) is 0 Å². The number of aliphatic hydroxyl groups is 1. The third-order valence-electron chi connectivity index (χ3n) is 2.45. The van der Waals surface area contributed by atoms with Crippen molar-refractivity contribution in [3.8, 4) is 16.9 Å². The van der Waals surface area contributed by atoms with Crippen molar-refractivity contribution in [1.82, 2.24) is 4.98 Å². The van der Waals surface area contributed by atoms with E-state index >= 15 is 0 Å². The third kappa shape index (κ3) is 3.45. The summed E-state index contributed by atoms with van der Waals surface area (Å²) in [6, 6.07) is 7.20. The van der Waals surface area contributed by atoms with Crippen LogP contribution >= 0.6 is 0 Å². The van der Waals surface area contributed by atoms with Crippen LogP contribution in [0.15, 0.2) is 42.7 Å². The quantitative estimate of drug-likeness (QED) is 0.930. The number of hydrogen-bond acceptors (Lipinski definition) is 3. The topological polar surface area (TPSA) is 42.4 Å². The van der Waals surface area contributed by atoms with Crippen LogP contribution in [0.25, 0.3) is 11.1 Å². The van der Waals surface area contributed by atoms with E-state index in [2.05, 4.69) is 9.72 Å². The molecule has 0 radical (unpaired) electrons. The van der Waals surface area contributed by atoms with E-state index in [9.17, 15) is 18.3 Å². The zero-order chi connectivity index (χ0) is 13.9. The highest BCUT2D eigenvalue weighted by atomic mass is 19.4. The lowest BCUT2D eigenvalue weighted by Crippen LogP contribution is -2.17. The van der Waals surface area contributed by atoms with Gasteiger partial charge in [0, 0.05) is 18.0 Å². The summed E-state index contributed by atoms with van der Waals surface area (Å²) in [6.07, 6.45) is -1.75. The van der Waals surface area contributed by atoms with Gasteiger partial charge in [-0.25, -0.2) is 0 Å². The van der Waals surface area contributed by atoms with Gasteiger partial charge in [-0.3, -0.25) is 4.98 Å². The van der Waals surface area contributed by atoms with E-state index < -0.39 is 6.36 Å². The summed E-state index contributed by atoms with van der Waals surface area (Å²) in [4.78, 5) is 3.85. The van der Waals surface area contributed by atoms with Crippen LogP contribution in [0.3, 0.4) is 0 Å². The molecular weight excluding hydrogens is 259 g/mol. The molecule has 1 aromatic heterocycles. The molecule has 0 saturated heterocycles. The Morgan fingerprint density at radius 1 is 1.21 bits per heavy atom. The second-order valence-electron chi connectivity index (χ2n) is 3.77. The van der Waals surface area contributed by atoms with Gasteiger partial charge in [0.15, 0.2) is 0 Å². The first-order valence-corrected chi connectivity index (χ1v) is 5.39. The number of aliphatic hydroxyl groups excluding tert-OH is 1. The maximum absolute atomic E-state index is 12.1. The zero-order valence-electron chi connectivity index (χ0n) is 9.69. The maximum Gasteiger partial charge on any atom is 0.573 e. The third-order valence-corrected chi connectivity index (χ3v) is 2.45. The van der Waals surface area contributed by atoms with Gasteiger partial charge in [-0.15, -0.1) is 13.2 Å². The molecule has 0 saturated carbocycles. The molecule has 6 heteroatoms. The highest BCUT2D eigenvalue weighted by molar-refractivity contribution is 5.67. The van der Waals surface area contributed by atoms with Gasteiger partial charge in [0.1, 0.15) is 5.75 Å². The number of halogens is 3. The molecule has 1 aromatic carbocycles. The molecule has 100 valence electrons. The number of benzene rings is 1. The summed E-state index contributed by atoms with van der Waals surface area (Å²) >= 11 is 0. The second-order valence-corrected chi connectivity index (χ2v) is 3.77. The van der Waals surface area contributed by atoms with Crippen molar-refractivity contribution in [3.05, 3.63) is 48.3 Å². The molecule has 0 aliphatic heterocycles. The summed E-state index contributed by atoms with van der Waals surface area (Å²) in [6.45, 7) is -0.243. The van der Waals surface area contributed by atoms with Gasteiger partial charge in [0.25, 0.3) is 0 Å². The first-order valence-electron chi connectivity index (χ1n) is 5.39. The molecule has 2 aromatic rings.